The van der Waals surface area contributed by atoms with E-state index in [1.807, 2.05) is 24.3 Å². The monoisotopic (exact) mass is 299 g/mol. The molecule has 1 unspecified atom stereocenters. The largest absolute Gasteiger partial charge is 0.496 e. The Labute approximate surface area is 130 Å². The van der Waals surface area contributed by atoms with Gasteiger partial charge < -0.3 is 10.1 Å². The predicted octanol–water partition coefficient (Wildman–Crippen LogP) is 2.94. The van der Waals surface area contributed by atoms with Gasteiger partial charge in [-0.2, -0.15) is 0 Å². The fraction of sp³-hybridized carbons (Fsp3) is 0.444. The molecule has 22 heavy (non-hydrogen) atoms. The van der Waals surface area contributed by atoms with E-state index in [1.165, 1.54) is 0 Å². The molecule has 0 fully saturated rings. The third-order valence-corrected chi connectivity index (χ3v) is 4.46. The first-order valence-corrected chi connectivity index (χ1v) is 7.60. The quantitative estimate of drug-likeness (QED) is 0.913. The van der Waals surface area contributed by atoms with Gasteiger partial charge in [-0.05, 0) is 17.9 Å². The summed E-state index contributed by atoms with van der Waals surface area (Å²) in [5.74, 6) is 0.637. The molecule has 1 amide bonds. The number of allylic oxidation sites excluding steroid dienone is 2. The van der Waals surface area contributed by atoms with Gasteiger partial charge in [0.15, 0.2) is 5.78 Å². The molecule has 1 atom stereocenters. The van der Waals surface area contributed by atoms with Crippen molar-refractivity contribution in [3.63, 3.8) is 0 Å². The van der Waals surface area contributed by atoms with Crippen molar-refractivity contribution < 1.29 is 14.3 Å². The van der Waals surface area contributed by atoms with Crippen LogP contribution in [0.4, 0.5) is 0 Å². The number of nitrogens with one attached hydrogen (secondary N) is 1. The number of ether oxygens (including phenoxy) is 1. The van der Waals surface area contributed by atoms with Crippen LogP contribution in [0.15, 0.2) is 35.5 Å². The number of benzene rings is 1. The molecule has 0 bridgehead atoms. The molecule has 1 aromatic rings. The van der Waals surface area contributed by atoms with Crippen molar-refractivity contribution in [1.29, 1.82) is 0 Å². The third kappa shape index (κ3) is 2.54. The SMILES string of the molecule is COc1ccccc1C1CC(=O)NC2=C1C(=O)CC(C)(C)C2. The minimum absolute atomic E-state index is 0.0276. The van der Waals surface area contributed by atoms with Gasteiger partial charge in [-0.25, -0.2) is 0 Å². The fourth-order valence-electron chi connectivity index (χ4n) is 3.58. The number of Topliss-reactive ketones (excluding diaryl/α,β-unsaturated/α-hetero) is 1. The van der Waals surface area contributed by atoms with Gasteiger partial charge in [-0.3, -0.25) is 9.59 Å². The molecule has 1 N–H and O–H groups in total. The number of hydrogen-bond acceptors (Lipinski definition) is 3. The number of carbonyl (C=O) groups excluding carboxylic acids is 2. The summed E-state index contributed by atoms with van der Waals surface area (Å²) in [6.07, 6.45) is 1.55. The summed E-state index contributed by atoms with van der Waals surface area (Å²) in [5.41, 5.74) is 2.38. The lowest BCUT2D eigenvalue weighted by molar-refractivity contribution is -0.122. The van der Waals surface area contributed by atoms with Gasteiger partial charge in [-0.1, -0.05) is 32.0 Å². The van der Waals surface area contributed by atoms with E-state index in [4.69, 9.17) is 4.74 Å². The van der Waals surface area contributed by atoms with E-state index < -0.39 is 0 Å². The highest BCUT2D eigenvalue weighted by molar-refractivity contribution is 6.02. The summed E-state index contributed by atoms with van der Waals surface area (Å²) >= 11 is 0. The van der Waals surface area contributed by atoms with E-state index in [2.05, 4.69) is 19.2 Å². The van der Waals surface area contributed by atoms with Crippen LogP contribution in [0.3, 0.4) is 0 Å². The summed E-state index contributed by atoms with van der Waals surface area (Å²) in [6, 6.07) is 7.63. The second kappa shape index (κ2) is 5.27. The molecule has 2 aliphatic rings. The molecule has 1 aromatic carbocycles. The van der Waals surface area contributed by atoms with Gasteiger partial charge in [0.05, 0.1) is 7.11 Å². The van der Waals surface area contributed by atoms with E-state index in [-0.39, 0.29) is 23.0 Å². The minimum atomic E-state index is -0.205. The maximum absolute atomic E-state index is 12.7. The van der Waals surface area contributed by atoms with Crippen LogP contribution in [0.25, 0.3) is 0 Å². The first-order valence-electron chi connectivity index (χ1n) is 7.60. The first kappa shape index (κ1) is 14.8. The van der Waals surface area contributed by atoms with Gasteiger partial charge in [0.25, 0.3) is 0 Å². The number of methoxy groups -OCH3 is 1. The summed E-state index contributed by atoms with van der Waals surface area (Å²) in [4.78, 5) is 24.8. The van der Waals surface area contributed by atoms with Crippen molar-refractivity contribution in [1.82, 2.24) is 5.32 Å². The molecular weight excluding hydrogens is 278 g/mol. The zero-order valence-corrected chi connectivity index (χ0v) is 13.2. The number of rotatable bonds is 2. The van der Waals surface area contributed by atoms with Crippen molar-refractivity contribution in [3.05, 3.63) is 41.1 Å². The molecule has 0 radical (unpaired) electrons. The van der Waals surface area contributed by atoms with Crippen LogP contribution in [0.1, 0.15) is 44.6 Å². The highest BCUT2D eigenvalue weighted by Gasteiger charge is 2.41. The summed E-state index contributed by atoms with van der Waals surface area (Å²) in [6.45, 7) is 4.13. The molecule has 4 nitrogen and oxygen atoms in total. The molecule has 1 heterocycles. The molecule has 4 heteroatoms. The molecule has 1 aliphatic heterocycles. The molecule has 3 rings (SSSR count). The van der Waals surface area contributed by atoms with Crippen molar-refractivity contribution in [2.75, 3.05) is 7.11 Å². The Morgan fingerprint density at radius 1 is 1.18 bits per heavy atom. The molecule has 1 aliphatic carbocycles. The number of ketones is 1. The van der Waals surface area contributed by atoms with Crippen molar-refractivity contribution in [3.8, 4) is 5.75 Å². The Balaban J connectivity index is 2.11. The maximum Gasteiger partial charge on any atom is 0.225 e. The van der Waals surface area contributed by atoms with Crippen molar-refractivity contribution in [2.45, 2.75) is 39.0 Å². The molecule has 0 spiro atoms. The number of carbonyl (C=O) groups is 2. The van der Waals surface area contributed by atoms with E-state index in [9.17, 15) is 9.59 Å². The molecule has 0 saturated carbocycles. The van der Waals surface area contributed by atoms with E-state index in [0.29, 0.717) is 12.8 Å². The van der Waals surface area contributed by atoms with Gasteiger partial charge in [0.1, 0.15) is 5.75 Å². The van der Waals surface area contributed by atoms with E-state index in [0.717, 1.165) is 29.0 Å². The van der Waals surface area contributed by atoms with Crippen LogP contribution in [-0.4, -0.2) is 18.8 Å². The van der Waals surface area contributed by atoms with Crippen LogP contribution in [-0.2, 0) is 9.59 Å². The normalized spacial score (nSPS) is 23.9. The van der Waals surface area contributed by atoms with Crippen LogP contribution in [0.5, 0.6) is 5.75 Å². The van der Waals surface area contributed by atoms with E-state index in [1.54, 1.807) is 7.11 Å². The lowest BCUT2D eigenvalue weighted by Gasteiger charge is -2.38. The second-order valence-corrected chi connectivity index (χ2v) is 6.88. The molecular formula is C18H21NO3. The van der Waals surface area contributed by atoms with Crippen LogP contribution < -0.4 is 10.1 Å². The average Bonchev–Trinajstić information content (AvgIpc) is 2.44. The minimum Gasteiger partial charge on any atom is -0.496 e. The summed E-state index contributed by atoms with van der Waals surface area (Å²) < 4.78 is 5.42. The third-order valence-electron chi connectivity index (χ3n) is 4.46. The Morgan fingerprint density at radius 2 is 1.91 bits per heavy atom. The van der Waals surface area contributed by atoms with Gasteiger partial charge in [-0.15, -0.1) is 0 Å². The van der Waals surface area contributed by atoms with Gasteiger partial charge >= 0.3 is 0 Å². The first-order chi connectivity index (χ1) is 10.4. The Kier molecular flexibility index (Phi) is 3.55. The molecule has 0 saturated heterocycles. The topological polar surface area (TPSA) is 55.4 Å². The number of amides is 1. The predicted molar refractivity (Wildman–Crippen MR) is 83.5 cm³/mol. The summed E-state index contributed by atoms with van der Waals surface area (Å²) in [5, 5.41) is 2.92. The lowest BCUT2D eigenvalue weighted by atomic mass is 9.70. The second-order valence-electron chi connectivity index (χ2n) is 6.88. The van der Waals surface area contributed by atoms with Crippen LogP contribution in [0, 0.1) is 5.41 Å². The smallest absolute Gasteiger partial charge is 0.225 e. The van der Waals surface area contributed by atoms with Crippen molar-refractivity contribution >= 4 is 11.7 Å². The maximum atomic E-state index is 12.7. The Hall–Kier alpha value is -2.10. The molecule has 116 valence electrons. The standard InChI is InChI=1S/C18H21NO3/c1-18(2)9-13-17(14(20)10-18)12(8-16(21)19-13)11-6-4-5-7-15(11)22-3/h4-7,12H,8-10H2,1-3H3,(H,19,21). The van der Waals surface area contributed by atoms with Crippen LogP contribution in [0.2, 0.25) is 0 Å². The molecule has 0 aromatic heterocycles. The lowest BCUT2D eigenvalue weighted by Crippen LogP contribution is -2.40. The van der Waals surface area contributed by atoms with Crippen molar-refractivity contribution in [2.24, 2.45) is 5.41 Å². The van der Waals surface area contributed by atoms with Crippen LogP contribution >= 0.6 is 0 Å². The van der Waals surface area contributed by atoms with Gasteiger partial charge in [0.2, 0.25) is 5.91 Å². The summed E-state index contributed by atoms with van der Waals surface area (Å²) in [7, 11) is 1.61. The zero-order valence-electron chi connectivity index (χ0n) is 13.2. The van der Waals surface area contributed by atoms with E-state index >= 15 is 0 Å². The Bertz CT molecular complexity index is 673. The fourth-order valence-corrected chi connectivity index (χ4v) is 3.58. The zero-order chi connectivity index (χ0) is 15.9. The average molecular weight is 299 g/mol. The Morgan fingerprint density at radius 3 is 2.64 bits per heavy atom. The number of para-hydroxylation sites is 1. The number of hydrogen-bond donors (Lipinski definition) is 1. The highest BCUT2D eigenvalue weighted by Crippen LogP contribution is 2.45. The highest BCUT2D eigenvalue weighted by atomic mass is 16.5. The van der Waals surface area contributed by atoms with Gasteiger partial charge in [0, 0.05) is 35.6 Å².